The molecule has 0 saturated carbocycles. The molecule has 1 saturated heterocycles. The van der Waals surface area contributed by atoms with Crippen molar-refractivity contribution < 1.29 is 22.7 Å². The van der Waals surface area contributed by atoms with Gasteiger partial charge in [0, 0.05) is 31.4 Å². The third-order valence-electron chi connectivity index (χ3n) is 6.23. The van der Waals surface area contributed by atoms with E-state index < -0.39 is 17.7 Å². The molecule has 172 valence electrons. The number of para-hydroxylation sites is 2. The van der Waals surface area contributed by atoms with Crippen molar-refractivity contribution in [3.05, 3.63) is 53.6 Å². The highest BCUT2D eigenvalue weighted by Gasteiger charge is 2.43. The second-order valence-corrected chi connectivity index (χ2v) is 8.69. The number of rotatable bonds is 4. The first-order valence-electron chi connectivity index (χ1n) is 10.8. The Hall–Kier alpha value is -2.90. The van der Waals surface area contributed by atoms with Gasteiger partial charge in [0.25, 0.3) is 0 Å². The first-order chi connectivity index (χ1) is 15.2. The fourth-order valence-electron chi connectivity index (χ4n) is 4.80. The number of carbonyl (C=O) groups excluding carboxylic acids is 1. The normalized spacial score (nSPS) is 20.6. The highest BCUT2D eigenvalue weighted by atomic mass is 19.4. The standard InChI is InChI=1S/C24H28F3N3O2/c1-15(2)28-23(31)18-13-16-12-17(24(25,26)27)8-9-19(16)30-11-10-29(14-21(18)30)20-6-4-5-7-22(20)32-3/h4-9,12,15,18,21H,10-11,13-14H2,1-3H3,(H,28,31)/t18-,21-/m0/s1. The molecule has 5 nitrogen and oxygen atoms in total. The molecule has 2 aromatic rings. The van der Waals surface area contributed by atoms with Crippen LogP contribution < -0.4 is 19.9 Å². The summed E-state index contributed by atoms with van der Waals surface area (Å²) in [6, 6.07) is 11.4. The van der Waals surface area contributed by atoms with Gasteiger partial charge in [-0.3, -0.25) is 4.79 Å². The van der Waals surface area contributed by atoms with E-state index in [1.807, 2.05) is 38.1 Å². The summed E-state index contributed by atoms with van der Waals surface area (Å²) in [6.07, 6.45) is -4.14. The van der Waals surface area contributed by atoms with Crippen LogP contribution in [0.25, 0.3) is 0 Å². The van der Waals surface area contributed by atoms with Crippen LogP contribution in [0.1, 0.15) is 25.0 Å². The molecule has 4 rings (SSSR count). The quantitative estimate of drug-likeness (QED) is 0.767. The monoisotopic (exact) mass is 447 g/mol. The first-order valence-corrected chi connectivity index (χ1v) is 10.8. The number of hydrogen-bond acceptors (Lipinski definition) is 4. The van der Waals surface area contributed by atoms with Crippen LogP contribution in [0, 0.1) is 5.92 Å². The lowest BCUT2D eigenvalue weighted by molar-refractivity contribution is -0.137. The number of nitrogens with zero attached hydrogens (tertiary/aromatic N) is 2. The van der Waals surface area contributed by atoms with Crippen molar-refractivity contribution in [3.8, 4) is 5.75 Å². The minimum Gasteiger partial charge on any atom is -0.495 e. The van der Waals surface area contributed by atoms with Gasteiger partial charge < -0.3 is 19.9 Å². The van der Waals surface area contributed by atoms with Crippen LogP contribution in [0.15, 0.2) is 42.5 Å². The summed E-state index contributed by atoms with van der Waals surface area (Å²) in [5.74, 6) is 0.181. The Kier molecular flexibility index (Phi) is 5.97. The molecule has 2 aliphatic heterocycles. The Morgan fingerprint density at radius 3 is 2.56 bits per heavy atom. The number of benzene rings is 2. The number of hydrogen-bond donors (Lipinski definition) is 1. The van der Waals surface area contributed by atoms with Gasteiger partial charge in [0.2, 0.25) is 5.91 Å². The molecule has 2 aliphatic rings. The number of amides is 1. The second kappa shape index (κ2) is 8.56. The summed E-state index contributed by atoms with van der Waals surface area (Å²) in [5, 5.41) is 2.97. The van der Waals surface area contributed by atoms with Gasteiger partial charge in [0.1, 0.15) is 5.75 Å². The molecule has 0 unspecified atom stereocenters. The lowest BCUT2D eigenvalue weighted by Crippen LogP contribution is -2.61. The summed E-state index contributed by atoms with van der Waals surface area (Å²) < 4.78 is 45.5. The van der Waals surface area contributed by atoms with Gasteiger partial charge in [-0.2, -0.15) is 13.2 Å². The third kappa shape index (κ3) is 4.23. The molecule has 0 bridgehead atoms. The first kappa shape index (κ1) is 22.3. The molecule has 2 heterocycles. The Bertz CT molecular complexity index is 993. The van der Waals surface area contributed by atoms with E-state index in [0.717, 1.165) is 23.2 Å². The topological polar surface area (TPSA) is 44.8 Å². The van der Waals surface area contributed by atoms with Crippen molar-refractivity contribution in [2.24, 2.45) is 5.92 Å². The van der Waals surface area contributed by atoms with Gasteiger partial charge in [0.05, 0.1) is 30.3 Å². The summed E-state index contributed by atoms with van der Waals surface area (Å²) in [6.45, 7) is 5.63. The number of alkyl halides is 3. The Morgan fingerprint density at radius 1 is 1.12 bits per heavy atom. The SMILES string of the molecule is COc1ccccc1N1CCN2c3ccc(C(F)(F)F)cc3C[C@H](C(=O)NC(C)C)[C@@H]2C1. The zero-order chi connectivity index (χ0) is 23.0. The van der Waals surface area contributed by atoms with Gasteiger partial charge in [-0.05, 0) is 56.2 Å². The van der Waals surface area contributed by atoms with E-state index in [4.69, 9.17) is 4.74 Å². The van der Waals surface area contributed by atoms with Crippen molar-refractivity contribution in [1.29, 1.82) is 0 Å². The predicted molar refractivity (Wildman–Crippen MR) is 118 cm³/mol. The van der Waals surface area contributed by atoms with E-state index >= 15 is 0 Å². The number of piperazine rings is 1. The zero-order valence-corrected chi connectivity index (χ0v) is 18.4. The van der Waals surface area contributed by atoms with Crippen LogP contribution in [0.2, 0.25) is 0 Å². The number of nitrogens with one attached hydrogen (secondary N) is 1. The van der Waals surface area contributed by atoms with E-state index in [1.165, 1.54) is 6.07 Å². The molecular weight excluding hydrogens is 419 g/mol. The number of ether oxygens (including phenoxy) is 1. The zero-order valence-electron chi connectivity index (χ0n) is 18.4. The largest absolute Gasteiger partial charge is 0.495 e. The fraction of sp³-hybridized carbons (Fsp3) is 0.458. The lowest BCUT2D eigenvalue weighted by Gasteiger charge is -2.50. The van der Waals surface area contributed by atoms with Crippen molar-refractivity contribution >= 4 is 17.3 Å². The summed E-state index contributed by atoms with van der Waals surface area (Å²) in [5.41, 5.74) is 1.64. The van der Waals surface area contributed by atoms with Gasteiger partial charge in [0.15, 0.2) is 0 Å². The molecule has 32 heavy (non-hydrogen) atoms. The van der Waals surface area contributed by atoms with Crippen LogP contribution in [0.5, 0.6) is 5.75 Å². The maximum atomic E-state index is 13.3. The summed E-state index contributed by atoms with van der Waals surface area (Å²) in [7, 11) is 1.63. The van der Waals surface area contributed by atoms with Crippen molar-refractivity contribution in [2.45, 2.75) is 38.5 Å². The van der Waals surface area contributed by atoms with E-state index in [2.05, 4.69) is 15.1 Å². The molecule has 1 N–H and O–H groups in total. The number of anilines is 2. The summed E-state index contributed by atoms with van der Waals surface area (Å²) >= 11 is 0. The molecule has 8 heteroatoms. The molecule has 0 aromatic heterocycles. The van der Waals surface area contributed by atoms with Crippen molar-refractivity contribution in [3.63, 3.8) is 0 Å². The van der Waals surface area contributed by atoms with Crippen LogP contribution in [0.3, 0.4) is 0 Å². The minimum atomic E-state index is -4.41. The lowest BCUT2D eigenvalue weighted by atomic mass is 9.82. The molecule has 0 aliphatic carbocycles. The van der Waals surface area contributed by atoms with Gasteiger partial charge >= 0.3 is 6.18 Å². The van der Waals surface area contributed by atoms with Crippen molar-refractivity contribution in [2.75, 3.05) is 36.5 Å². The van der Waals surface area contributed by atoms with Crippen molar-refractivity contribution in [1.82, 2.24) is 5.32 Å². The van der Waals surface area contributed by atoms with Crippen LogP contribution >= 0.6 is 0 Å². The van der Waals surface area contributed by atoms with Crippen LogP contribution in [-0.4, -0.2) is 44.7 Å². The average Bonchev–Trinajstić information content (AvgIpc) is 2.76. The molecule has 2 atom stereocenters. The van der Waals surface area contributed by atoms with Gasteiger partial charge in [-0.25, -0.2) is 0 Å². The van der Waals surface area contributed by atoms with E-state index in [0.29, 0.717) is 25.2 Å². The molecule has 2 aromatic carbocycles. The molecule has 0 spiro atoms. The number of carbonyl (C=O) groups is 1. The van der Waals surface area contributed by atoms with E-state index in [-0.39, 0.29) is 24.4 Å². The molecule has 1 fully saturated rings. The number of halogens is 3. The van der Waals surface area contributed by atoms with Crippen LogP contribution in [0.4, 0.5) is 24.5 Å². The van der Waals surface area contributed by atoms with E-state index in [9.17, 15) is 18.0 Å². The van der Waals surface area contributed by atoms with E-state index in [1.54, 1.807) is 13.2 Å². The average molecular weight is 448 g/mol. The van der Waals surface area contributed by atoms with Gasteiger partial charge in [-0.1, -0.05) is 12.1 Å². The molecular formula is C24H28F3N3O2. The Balaban J connectivity index is 1.70. The number of methoxy groups -OCH3 is 1. The molecule has 0 radical (unpaired) electrons. The maximum Gasteiger partial charge on any atom is 0.416 e. The second-order valence-electron chi connectivity index (χ2n) is 8.69. The highest BCUT2D eigenvalue weighted by molar-refractivity contribution is 5.82. The summed E-state index contributed by atoms with van der Waals surface area (Å²) in [4.78, 5) is 17.4. The Morgan fingerprint density at radius 2 is 1.88 bits per heavy atom. The maximum absolute atomic E-state index is 13.3. The Labute approximate surface area is 186 Å². The number of fused-ring (bicyclic) bond motifs is 3. The third-order valence-corrected chi connectivity index (χ3v) is 6.23. The highest BCUT2D eigenvalue weighted by Crippen LogP contribution is 2.41. The smallest absolute Gasteiger partial charge is 0.416 e. The molecule has 1 amide bonds. The predicted octanol–water partition coefficient (Wildman–Crippen LogP) is 4.11. The van der Waals surface area contributed by atoms with Gasteiger partial charge in [-0.15, -0.1) is 0 Å². The fourth-order valence-corrected chi connectivity index (χ4v) is 4.80. The van der Waals surface area contributed by atoms with Crippen LogP contribution in [-0.2, 0) is 17.4 Å². The minimum absolute atomic E-state index is 0.0484.